The van der Waals surface area contributed by atoms with Crippen LogP contribution in [0.1, 0.15) is 49.2 Å². The Labute approximate surface area is 243 Å². The second-order valence-electron chi connectivity index (χ2n) is 10.4. The van der Waals surface area contributed by atoms with E-state index in [1.54, 1.807) is 0 Å². The van der Waals surface area contributed by atoms with Gasteiger partial charge in [-0.2, -0.15) is 0 Å². The van der Waals surface area contributed by atoms with Crippen LogP contribution in [0.2, 0.25) is 10.0 Å². The molecule has 210 valence electrons. The number of rotatable bonds is 11. The van der Waals surface area contributed by atoms with Crippen LogP contribution in [0.5, 0.6) is 0 Å². The average Bonchev–Trinajstić information content (AvgIpc) is 3.52. The second-order valence-corrected chi connectivity index (χ2v) is 14.1. The Balaban J connectivity index is 1.34. The Morgan fingerprint density at radius 3 is 2.44 bits per heavy atom. The maximum Gasteiger partial charge on any atom is 0.262 e. The number of hydrogen-bond acceptors (Lipinski definition) is 5. The molecule has 39 heavy (non-hydrogen) atoms. The molecule has 2 aromatic carbocycles. The molecule has 1 heterocycles. The van der Waals surface area contributed by atoms with Gasteiger partial charge < -0.3 is 10.6 Å². The lowest BCUT2D eigenvalue weighted by atomic mass is 9.96. The van der Waals surface area contributed by atoms with E-state index in [-0.39, 0.29) is 46.0 Å². The molecule has 3 atom stereocenters. The third-order valence-corrected chi connectivity index (χ3v) is 10.3. The molecular weight excluding hydrogens is 577 g/mol. The van der Waals surface area contributed by atoms with Crippen LogP contribution in [0.25, 0.3) is 10.1 Å². The van der Waals surface area contributed by atoms with Crippen molar-refractivity contribution in [1.82, 2.24) is 15.4 Å². The van der Waals surface area contributed by atoms with Crippen LogP contribution in [-0.4, -0.2) is 39.4 Å². The number of carbonyl (C=O) groups is 2. The summed E-state index contributed by atoms with van der Waals surface area (Å²) < 4.78 is 29.3. The van der Waals surface area contributed by atoms with Crippen molar-refractivity contribution in [1.29, 1.82) is 0 Å². The van der Waals surface area contributed by atoms with Gasteiger partial charge in [-0.1, -0.05) is 61.7 Å². The lowest BCUT2D eigenvalue weighted by Gasteiger charge is -2.24. The first-order chi connectivity index (χ1) is 18.5. The molecule has 1 saturated carbocycles. The first-order valence-electron chi connectivity index (χ1n) is 13.1. The van der Waals surface area contributed by atoms with Crippen LogP contribution in [-0.2, 0) is 14.8 Å². The Kier molecular flexibility index (Phi) is 9.93. The third kappa shape index (κ3) is 7.73. The molecule has 1 aliphatic rings. The Hall–Kier alpha value is -2.17. The summed E-state index contributed by atoms with van der Waals surface area (Å²) in [5, 5.41) is 7.38. The number of hydrogen-bond donors (Lipinski definition) is 3. The topological polar surface area (TPSA) is 104 Å². The van der Waals surface area contributed by atoms with Gasteiger partial charge in [-0.05, 0) is 72.7 Å². The maximum absolute atomic E-state index is 13.2. The van der Waals surface area contributed by atoms with E-state index in [0.29, 0.717) is 22.9 Å². The molecule has 0 bridgehead atoms. The van der Waals surface area contributed by atoms with E-state index >= 15 is 0 Å². The summed E-state index contributed by atoms with van der Waals surface area (Å²) in [6, 6.07) is 13.3. The van der Waals surface area contributed by atoms with Crippen LogP contribution in [0, 0.1) is 17.8 Å². The average molecular weight is 611 g/mol. The van der Waals surface area contributed by atoms with E-state index in [4.69, 9.17) is 23.2 Å². The van der Waals surface area contributed by atoms with Gasteiger partial charge in [0.2, 0.25) is 15.9 Å². The van der Waals surface area contributed by atoms with Gasteiger partial charge in [-0.25, -0.2) is 13.1 Å². The van der Waals surface area contributed by atoms with Gasteiger partial charge in [-0.3, -0.25) is 9.59 Å². The van der Waals surface area contributed by atoms with Crippen LogP contribution < -0.4 is 15.4 Å². The minimum absolute atomic E-state index is 0.0117. The molecule has 11 heteroatoms. The first kappa shape index (κ1) is 29.8. The number of benzene rings is 2. The lowest BCUT2D eigenvalue weighted by molar-refractivity contribution is -0.123. The predicted octanol–water partition coefficient (Wildman–Crippen LogP) is 5.86. The van der Waals surface area contributed by atoms with Crippen molar-refractivity contribution < 1.29 is 18.0 Å². The highest BCUT2D eigenvalue weighted by Crippen LogP contribution is 2.32. The van der Waals surface area contributed by atoms with Gasteiger partial charge in [-0.15, -0.1) is 11.3 Å². The summed E-state index contributed by atoms with van der Waals surface area (Å²) in [5.41, 5.74) is 0. The van der Waals surface area contributed by atoms with Gasteiger partial charge in [0, 0.05) is 22.8 Å². The molecule has 1 fully saturated rings. The molecule has 3 aromatic rings. The maximum atomic E-state index is 13.2. The van der Waals surface area contributed by atoms with Crippen LogP contribution in [0.4, 0.5) is 0 Å². The zero-order chi connectivity index (χ0) is 28.2. The fraction of sp³-hybridized carbons (Fsp3) is 0.429. The molecule has 0 saturated heterocycles. The minimum Gasteiger partial charge on any atom is -0.354 e. The highest BCUT2D eigenvalue weighted by molar-refractivity contribution is 7.89. The van der Waals surface area contributed by atoms with Gasteiger partial charge in [0.15, 0.2) is 0 Å². The molecule has 2 amide bonds. The third-order valence-electron chi connectivity index (χ3n) is 7.05. The zero-order valence-electron chi connectivity index (χ0n) is 21.9. The van der Waals surface area contributed by atoms with Crippen molar-refractivity contribution in [3.05, 3.63) is 63.5 Å². The van der Waals surface area contributed by atoms with Crippen molar-refractivity contribution in [2.45, 2.75) is 50.5 Å². The Morgan fingerprint density at radius 2 is 1.74 bits per heavy atom. The summed E-state index contributed by atoms with van der Waals surface area (Å²) in [6.45, 7) is 4.69. The standard InChI is InChI=1S/C28H33Cl2N3O4S2/c1-17(2)12-23(33-28(35)25-13-18-6-3-4-9-24(18)38-25)27(34)31-15-19-7-5-8-20(19)16-32-39(36,37)26-11-10-21(29)14-22(26)30/h3-4,6,9-11,13-14,17,19-20,23,32H,5,7-8,12,15-16H2,1-2H3,(H,31,34)(H,33,35)/t19-,20?,23+/m1/s1. The molecule has 1 aromatic heterocycles. The van der Waals surface area contributed by atoms with Crippen molar-refractivity contribution in [3.8, 4) is 0 Å². The van der Waals surface area contributed by atoms with E-state index in [9.17, 15) is 18.0 Å². The fourth-order valence-corrected chi connectivity index (χ4v) is 7.85. The number of fused-ring (bicyclic) bond motifs is 1. The van der Waals surface area contributed by atoms with Gasteiger partial charge in [0.05, 0.1) is 9.90 Å². The molecule has 4 rings (SSSR count). The zero-order valence-corrected chi connectivity index (χ0v) is 25.0. The molecule has 1 aliphatic carbocycles. The monoisotopic (exact) mass is 609 g/mol. The largest absolute Gasteiger partial charge is 0.354 e. The molecule has 1 unspecified atom stereocenters. The quantitative estimate of drug-likeness (QED) is 0.253. The Morgan fingerprint density at radius 1 is 1.03 bits per heavy atom. The number of nitrogens with one attached hydrogen (secondary N) is 3. The number of carbonyl (C=O) groups excluding carboxylic acids is 2. The summed E-state index contributed by atoms with van der Waals surface area (Å²) >= 11 is 13.4. The van der Waals surface area contributed by atoms with Crippen molar-refractivity contribution in [3.63, 3.8) is 0 Å². The summed E-state index contributed by atoms with van der Waals surface area (Å²) in [4.78, 5) is 26.7. The molecular formula is C28H33Cl2N3O4S2. The minimum atomic E-state index is -3.80. The summed E-state index contributed by atoms with van der Waals surface area (Å²) in [5.74, 6) is -0.0849. The van der Waals surface area contributed by atoms with E-state index in [1.807, 2.05) is 44.2 Å². The lowest BCUT2D eigenvalue weighted by Crippen LogP contribution is -2.48. The SMILES string of the molecule is CC(C)C[C@H](NC(=O)c1cc2ccccc2s1)C(=O)NC[C@H]1CCCC1CNS(=O)(=O)c1ccc(Cl)cc1Cl. The fourth-order valence-electron chi connectivity index (χ4n) is 5.02. The highest BCUT2D eigenvalue weighted by Gasteiger charge is 2.31. The van der Waals surface area contributed by atoms with E-state index in [1.165, 1.54) is 29.5 Å². The molecule has 0 spiro atoms. The number of thiophene rings is 1. The molecule has 7 nitrogen and oxygen atoms in total. The number of amides is 2. The second kappa shape index (κ2) is 13.0. The van der Waals surface area contributed by atoms with Crippen molar-refractivity contribution in [2.24, 2.45) is 17.8 Å². The van der Waals surface area contributed by atoms with Crippen molar-refractivity contribution in [2.75, 3.05) is 13.1 Å². The summed E-state index contributed by atoms with van der Waals surface area (Å²) in [7, 11) is -3.80. The molecule has 3 N–H and O–H groups in total. The van der Waals surface area contributed by atoms with E-state index in [0.717, 1.165) is 29.3 Å². The smallest absolute Gasteiger partial charge is 0.262 e. The van der Waals surface area contributed by atoms with E-state index in [2.05, 4.69) is 15.4 Å². The summed E-state index contributed by atoms with van der Waals surface area (Å²) in [6.07, 6.45) is 3.21. The van der Waals surface area contributed by atoms with Gasteiger partial charge in [0.1, 0.15) is 10.9 Å². The van der Waals surface area contributed by atoms with E-state index < -0.39 is 16.1 Å². The highest BCUT2D eigenvalue weighted by atomic mass is 35.5. The van der Waals surface area contributed by atoms with Crippen LogP contribution in [0.15, 0.2) is 53.4 Å². The van der Waals surface area contributed by atoms with Gasteiger partial charge in [0.25, 0.3) is 5.91 Å². The normalized spacial score (nSPS) is 18.4. The molecule has 0 aliphatic heterocycles. The number of sulfonamides is 1. The predicted molar refractivity (Wildman–Crippen MR) is 158 cm³/mol. The molecule has 0 radical (unpaired) electrons. The Bertz CT molecular complexity index is 1410. The van der Waals surface area contributed by atoms with Crippen LogP contribution in [0.3, 0.4) is 0 Å². The number of halogens is 2. The van der Waals surface area contributed by atoms with Gasteiger partial charge >= 0.3 is 0 Å². The van der Waals surface area contributed by atoms with Crippen molar-refractivity contribution >= 4 is 66.5 Å². The van der Waals surface area contributed by atoms with Crippen LogP contribution >= 0.6 is 34.5 Å². The first-order valence-corrected chi connectivity index (χ1v) is 16.1.